The van der Waals surface area contributed by atoms with Crippen molar-refractivity contribution in [2.24, 2.45) is 7.05 Å². The van der Waals surface area contributed by atoms with Crippen LogP contribution in [0.3, 0.4) is 0 Å². The van der Waals surface area contributed by atoms with Gasteiger partial charge in [0.05, 0.1) is 0 Å². The van der Waals surface area contributed by atoms with E-state index in [1.807, 2.05) is 32.4 Å². The van der Waals surface area contributed by atoms with Gasteiger partial charge in [0, 0.05) is 19.2 Å². The topological polar surface area (TPSA) is 68.5 Å². The summed E-state index contributed by atoms with van der Waals surface area (Å²) in [7, 11) is 1.96. The largest absolute Gasteiger partial charge is 0.370 e. The third-order valence-electron chi connectivity index (χ3n) is 3.00. The van der Waals surface area contributed by atoms with E-state index in [-0.39, 0.29) is 0 Å². The van der Waals surface area contributed by atoms with Crippen molar-refractivity contribution >= 4 is 17.6 Å². The Bertz CT molecular complexity index is 607. The monoisotopic (exact) mass is 292 g/mol. The zero-order valence-corrected chi connectivity index (χ0v) is 13.4. The zero-order valence-electron chi connectivity index (χ0n) is 12.6. The summed E-state index contributed by atoms with van der Waals surface area (Å²) >= 11 is 1.52. The Hall–Kier alpha value is -1.63. The molecule has 0 saturated carbocycles. The van der Waals surface area contributed by atoms with Crippen LogP contribution in [0.15, 0.2) is 10.2 Å². The van der Waals surface area contributed by atoms with Gasteiger partial charge in [-0.3, -0.25) is 0 Å². The van der Waals surface area contributed by atoms with E-state index in [0.717, 1.165) is 46.2 Å². The molecule has 2 heterocycles. The van der Waals surface area contributed by atoms with Gasteiger partial charge in [-0.15, -0.1) is 10.2 Å². The van der Waals surface area contributed by atoms with Gasteiger partial charge in [0.25, 0.3) is 0 Å². The molecule has 0 fully saturated rings. The van der Waals surface area contributed by atoms with Crippen molar-refractivity contribution in [3.8, 4) is 0 Å². The van der Waals surface area contributed by atoms with E-state index in [4.69, 9.17) is 0 Å². The molecule has 0 spiro atoms. The molecule has 0 aliphatic heterocycles. The summed E-state index contributed by atoms with van der Waals surface area (Å²) < 4.78 is 1.96. The highest BCUT2D eigenvalue weighted by atomic mass is 32.2. The number of rotatable bonds is 5. The van der Waals surface area contributed by atoms with E-state index in [9.17, 15) is 0 Å². The summed E-state index contributed by atoms with van der Waals surface area (Å²) in [6.07, 6.45) is 1.06. The Kier molecular flexibility index (Phi) is 4.59. The fraction of sp³-hybridized carbons (Fsp3) is 0.538. The van der Waals surface area contributed by atoms with Crippen LogP contribution in [0.25, 0.3) is 0 Å². The lowest BCUT2D eigenvalue weighted by atomic mass is 10.3. The highest BCUT2D eigenvalue weighted by Crippen LogP contribution is 2.30. The van der Waals surface area contributed by atoms with Gasteiger partial charge in [-0.2, -0.15) is 0 Å². The highest BCUT2D eigenvalue weighted by Gasteiger charge is 2.14. The highest BCUT2D eigenvalue weighted by molar-refractivity contribution is 7.99. The molecule has 108 valence electrons. The molecule has 0 saturated heterocycles. The van der Waals surface area contributed by atoms with Gasteiger partial charge in [0.2, 0.25) is 0 Å². The van der Waals surface area contributed by atoms with Gasteiger partial charge in [0.15, 0.2) is 5.16 Å². The lowest BCUT2D eigenvalue weighted by Gasteiger charge is -2.11. The Morgan fingerprint density at radius 2 is 1.90 bits per heavy atom. The molecule has 7 heteroatoms. The first-order valence-electron chi connectivity index (χ1n) is 6.65. The minimum atomic E-state index is 0.760. The van der Waals surface area contributed by atoms with Crippen LogP contribution >= 0.6 is 11.8 Å². The lowest BCUT2D eigenvalue weighted by Crippen LogP contribution is -2.07. The maximum absolute atomic E-state index is 4.52. The maximum atomic E-state index is 4.52. The summed E-state index contributed by atoms with van der Waals surface area (Å²) in [4.78, 5) is 8.98. The van der Waals surface area contributed by atoms with Gasteiger partial charge < -0.3 is 9.88 Å². The van der Waals surface area contributed by atoms with E-state index in [1.165, 1.54) is 11.8 Å². The number of nitrogens with zero attached hydrogens (tertiary/aromatic N) is 5. The predicted octanol–water partition coefficient (Wildman–Crippen LogP) is 2.50. The van der Waals surface area contributed by atoms with Gasteiger partial charge in [-0.1, -0.05) is 6.92 Å². The fourth-order valence-electron chi connectivity index (χ4n) is 1.68. The minimum Gasteiger partial charge on any atom is -0.370 e. The second kappa shape index (κ2) is 6.21. The summed E-state index contributed by atoms with van der Waals surface area (Å²) in [5.41, 5.74) is 1.05. The Morgan fingerprint density at radius 1 is 1.15 bits per heavy atom. The molecule has 20 heavy (non-hydrogen) atoms. The summed E-state index contributed by atoms with van der Waals surface area (Å²) in [6.45, 7) is 8.91. The van der Waals surface area contributed by atoms with E-state index >= 15 is 0 Å². The number of aromatic nitrogens is 5. The van der Waals surface area contributed by atoms with Crippen LogP contribution in [0.2, 0.25) is 0 Å². The molecule has 0 aromatic carbocycles. The maximum Gasteiger partial charge on any atom is 0.197 e. The van der Waals surface area contributed by atoms with Crippen molar-refractivity contribution in [3.63, 3.8) is 0 Å². The average molecular weight is 292 g/mol. The SMILES string of the molecule is CCCNc1nc(C)nc(Sc2nnc(C)n2C)c1C. The quantitative estimate of drug-likeness (QED) is 0.854. The molecule has 0 atom stereocenters. The van der Waals surface area contributed by atoms with Crippen molar-refractivity contribution in [1.29, 1.82) is 0 Å². The van der Waals surface area contributed by atoms with Crippen molar-refractivity contribution in [2.45, 2.75) is 44.3 Å². The van der Waals surface area contributed by atoms with Gasteiger partial charge in [-0.25, -0.2) is 9.97 Å². The number of hydrogen-bond acceptors (Lipinski definition) is 6. The molecule has 0 amide bonds. The third kappa shape index (κ3) is 3.09. The first-order valence-corrected chi connectivity index (χ1v) is 7.47. The van der Waals surface area contributed by atoms with Gasteiger partial charge in [0.1, 0.15) is 22.5 Å². The van der Waals surface area contributed by atoms with Gasteiger partial charge >= 0.3 is 0 Å². The van der Waals surface area contributed by atoms with Crippen LogP contribution in [-0.2, 0) is 7.05 Å². The summed E-state index contributed by atoms with van der Waals surface area (Å²) in [6, 6.07) is 0. The number of hydrogen-bond donors (Lipinski definition) is 1. The molecule has 1 N–H and O–H groups in total. The fourth-order valence-corrected chi connectivity index (χ4v) is 2.63. The molecule has 6 nitrogen and oxygen atoms in total. The van der Waals surface area contributed by atoms with Crippen LogP contribution in [0.4, 0.5) is 5.82 Å². The van der Waals surface area contributed by atoms with Gasteiger partial charge in [-0.05, 0) is 39.0 Å². The number of anilines is 1. The van der Waals surface area contributed by atoms with Crippen LogP contribution < -0.4 is 5.32 Å². The molecule has 2 aromatic rings. The van der Waals surface area contributed by atoms with E-state index in [0.29, 0.717) is 0 Å². The smallest absolute Gasteiger partial charge is 0.197 e. The second-order valence-corrected chi connectivity index (χ2v) is 5.62. The summed E-state index contributed by atoms with van der Waals surface area (Å²) in [5, 5.41) is 13.3. The van der Waals surface area contributed by atoms with Crippen LogP contribution in [0.1, 0.15) is 30.6 Å². The third-order valence-corrected chi connectivity index (χ3v) is 4.12. The molecule has 0 aliphatic rings. The lowest BCUT2D eigenvalue weighted by molar-refractivity contribution is 0.763. The van der Waals surface area contributed by atoms with Crippen molar-refractivity contribution in [1.82, 2.24) is 24.7 Å². The Balaban J connectivity index is 2.31. The Labute approximate surface area is 123 Å². The number of nitrogens with one attached hydrogen (secondary N) is 1. The first-order chi connectivity index (χ1) is 9.52. The Morgan fingerprint density at radius 3 is 2.50 bits per heavy atom. The van der Waals surface area contributed by atoms with Crippen molar-refractivity contribution in [2.75, 3.05) is 11.9 Å². The first kappa shape index (κ1) is 14.8. The van der Waals surface area contributed by atoms with Crippen molar-refractivity contribution < 1.29 is 0 Å². The molecule has 0 unspecified atom stereocenters. The molecule has 0 radical (unpaired) electrons. The molecule has 2 rings (SSSR count). The average Bonchev–Trinajstić information content (AvgIpc) is 2.73. The number of aryl methyl sites for hydroxylation is 2. The summed E-state index contributed by atoms with van der Waals surface area (Å²) in [5.74, 6) is 2.55. The van der Waals surface area contributed by atoms with E-state index in [2.05, 4.69) is 32.4 Å². The molecule has 0 bridgehead atoms. The van der Waals surface area contributed by atoms with Crippen LogP contribution in [0.5, 0.6) is 0 Å². The second-order valence-electron chi connectivity index (χ2n) is 4.67. The normalized spacial score (nSPS) is 10.8. The van der Waals surface area contributed by atoms with Crippen molar-refractivity contribution in [3.05, 3.63) is 17.2 Å². The molecular weight excluding hydrogens is 272 g/mol. The standard InChI is InChI=1S/C13H20N6S/c1-6-7-14-11-8(2)12(16-9(3)15-11)20-13-18-17-10(4)19(13)5/h6-7H2,1-5H3,(H,14,15,16). The molecular formula is C13H20N6S. The van der Waals surface area contributed by atoms with E-state index < -0.39 is 0 Å². The predicted molar refractivity (Wildman–Crippen MR) is 80.1 cm³/mol. The van der Waals surface area contributed by atoms with Crippen LogP contribution in [-0.4, -0.2) is 31.3 Å². The molecule has 0 aliphatic carbocycles. The zero-order chi connectivity index (χ0) is 14.7. The van der Waals surface area contributed by atoms with E-state index in [1.54, 1.807) is 0 Å². The minimum absolute atomic E-state index is 0.760. The van der Waals surface area contributed by atoms with Crippen LogP contribution in [0, 0.1) is 20.8 Å². The molecule has 2 aromatic heterocycles.